The van der Waals surface area contributed by atoms with E-state index >= 15 is 0 Å². The summed E-state index contributed by atoms with van der Waals surface area (Å²) in [6.07, 6.45) is 5.87. The van der Waals surface area contributed by atoms with E-state index in [0.29, 0.717) is 5.56 Å². The summed E-state index contributed by atoms with van der Waals surface area (Å²) in [7, 11) is 1.93. The van der Waals surface area contributed by atoms with Crippen molar-refractivity contribution in [1.82, 2.24) is 9.55 Å². The third-order valence-electron chi connectivity index (χ3n) is 2.41. The summed E-state index contributed by atoms with van der Waals surface area (Å²) in [5, 5.41) is 8.87. The number of hydrogen-bond acceptors (Lipinski definition) is 2. The van der Waals surface area contributed by atoms with Gasteiger partial charge >= 0.3 is 0 Å². The van der Waals surface area contributed by atoms with E-state index in [2.05, 4.69) is 37.9 Å². The summed E-state index contributed by atoms with van der Waals surface area (Å²) in [5.41, 5.74) is 3.67. The Hall–Kier alpha value is -1.82. The Kier molecular flexibility index (Phi) is 4.71. The maximum Gasteiger partial charge on any atom is 0.106 e. The molecule has 0 unspecified atom stereocenters. The van der Waals surface area contributed by atoms with Gasteiger partial charge in [-0.2, -0.15) is 5.26 Å². The van der Waals surface area contributed by atoms with Gasteiger partial charge in [-0.1, -0.05) is 27.2 Å². The van der Waals surface area contributed by atoms with Crippen molar-refractivity contribution in [2.24, 2.45) is 7.05 Å². The van der Waals surface area contributed by atoms with Gasteiger partial charge in [-0.15, -0.1) is 0 Å². The van der Waals surface area contributed by atoms with Crippen molar-refractivity contribution >= 4 is 11.0 Å². The molecule has 17 heavy (non-hydrogen) atoms. The fourth-order valence-corrected chi connectivity index (χ4v) is 1.57. The van der Waals surface area contributed by atoms with Crippen LogP contribution in [0.5, 0.6) is 0 Å². The molecule has 0 saturated carbocycles. The van der Waals surface area contributed by atoms with Crippen molar-refractivity contribution in [1.29, 1.82) is 5.26 Å². The van der Waals surface area contributed by atoms with E-state index in [9.17, 15) is 0 Å². The molecule has 0 radical (unpaired) electrons. The number of pyridine rings is 1. The smallest absolute Gasteiger partial charge is 0.106 e. The molecule has 0 amide bonds. The number of rotatable bonds is 1. The Bertz CT molecular complexity index is 532. The van der Waals surface area contributed by atoms with Crippen molar-refractivity contribution in [2.45, 2.75) is 33.6 Å². The van der Waals surface area contributed by atoms with Crippen LogP contribution in [0.4, 0.5) is 0 Å². The third kappa shape index (κ3) is 2.85. The van der Waals surface area contributed by atoms with Gasteiger partial charge in [0.05, 0.1) is 11.1 Å². The average Bonchev–Trinajstić information content (AvgIpc) is 2.66. The molecule has 0 fully saturated rings. The monoisotopic (exact) mass is 229 g/mol. The van der Waals surface area contributed by atoms with Crippen LogP contribution >= 0.6 is 0 Å². The Labute approximate surface area is 103 Å². The largest absolute Gasteiger partial charge is 0.348 e. The second-order valence-electron chi connectivity index (χ2n) is 4.04. The Morgan fingerprint density at radius 1 is 1.35 bits per heavy atom. The maximum atomic E-state index is 8.87. The molecule has 90 valence electrons. The molecule has 3 heteroatoms. The topological polar surface area (TPSA) is 41.6 Å². The number of aromatic nitrogens is 2. The molecule has 0 aromatic carbocycles. The third-order valence-corrected chi connectivity index (χ3v) is 2.41. The van der Waals surface area contributed by atoms with Gasteiger partial charge in [-0.25, -0.2) is 0 Å². The van der Waals surface area contributed by atoms with E-state index in [1.54, 1.807) is 0 Å². The molecule has 0 aliphatic rings. The van der Waals surface area contributed by atoms with Crippen molar-refractivity contribution in [3.63, 3.8) is 0 Å². The number of aryl methyl sites for hydroxylation is 2. The lowest BCUT2D eigenvalue weighted by molar-refractivity contribution is 0.963. The molecular weight excluding hydrogens is 210 g/mol. The van der Waals surface area contributed by atoms with Gasteiger partial charge in [0.15, 0.2) is 0 Å². The van der Waals surface area contributed by atoms with Crippen LogP contribution in [-0.2, 0) is 13.5 Å². The average molecular weight is 229 g/mol. The van der Waals surface area contributed by atoms with Crippen LogP contribution in [0.1, 0.15) is 38.3 Å². The number of fused-ring (bicyclic) bond motifs is 1. The lowest BCUT2D eigenvalue weighted by Gasteiger charge is -1.98. The van der Waals surface area contributed by atoms with Crippen LogP contribution < -0.4 is 0 Å². The summed E-state index contributed by atoms with van der Waals surface area (Å²) in [5.74, 6) is 0. The molecular formula is C14H19N3. The maximum absolute atomic E-state index is 8.87. The first kappa shape index (κ1) is 13.2. The van der Waals surface area contributed by atoms with E-state index in [-0.39, 0.29) is 0 Å². The minimum atomic E-state index is 0.644. The van der Waals surface area contributed by atoms with Gasteiger partial charge in [-0.3, -0.25) is 4.98 Å². The van der Waals surface area contributed by atoms with E-state index in [1.807, 2.05) is 24.0 Å². The Morgan fingerprint density at radius 2 is 2.00 bits per heavy atom. The summed E-state index contributed by atoms with van der Waals surface area (Å²) in [4.78, 5) is 4.30. The lowest BCUT2D eigenvalue weighted by Crippen LogP contribution is -1.88. The normalized spacial score (nSPS) is 9.59. The van der Waals surface area contributed by atoms with E-state index < -0.39 is 0 Å². The van der Waals surface area contributed by atoms with E-state index in [4.69, 9.17) is 5.26 Å². The highest BCUT2D eigenvalue weighted by atomic mass is 14.9. The first-order valence-electron chi connectivity index (χ1n) is 6.01. The molecule has 0 bridgehead atoms. The first-order chi connectivity index (χ1) is 8.17. The molecule has 0 aliphatic heterocycles. The zero-order valence-corrected chi connectivity index (χ0v) is 11.0. The number of nitriles is 1. The number of hydrogen-bond donors (Lipinski definition) is 0. The van der Waals surface area contributed by atoms with Crippen LogP contribution in [0.3, 0.4) is 0 Å². The molecule has 0 spiro atoms. The summed E-state index contributed by atoms with van der Waals surface area (Å²) in [6.45, 7) is 6.34. The van der Waals surface area contributed by atoms with Gasteiger partial charge < -0.3 is 4.57 Å². The van der Waals surface area contributed by atoms with Crippen LogP contribution in [0.2, 0.25) is 0 Å². The zero-order valence-electron chi connectivity index (χ0n) is 11.0. The van der Waals surface area contributed by atoms with Crippen molar-refractivity contribution in [3.05, 3.63) is 29.6 Å². The molecule has 3 nitrogen and oxygen atoms in total. The highest BCUT2D eigenvalue weighted by Gasteiger charge is 2.07. The van der Waals surface area contributed by atoms with Crippen LogP contribution in [-0.4, -0.2) is 9.55 Å². The molecule has 0 atom stereocenters. The standard InChI is InChI=1S/C11H11N3.C3H8/c1-3-8-4-10-11(13-6-8)9(5-12)7-14(10)2;1-3-2/h4,6-7H,3H2,1-2H3;3H2,1-2H3. The summed E-state index contributed by atoms with van der Waals surface area (Å²) in [6, 6.07) is 4.23. The van der Waals surface area contributed by atoms with Gasteiger partial charge in [-0.05, 0) is 18.1 Å². The minimum absolute atomic E-state index is 0.644. The fraction of sp³-hybridized carbons (Fsp3) is 0.429. The second kappa shape index (κ2) is 6.05. The predicted molar refractivity (Wildman–Crippen MR) is 70.8 cm³/mol. The quantitative estimate of drug-likeness (QED) is 0.751. The SMILES string of the molecule is CCC.CCc1cnc2c(C#N)cn(C)c2c1. The van der Waals surface area contributed by atoms with Crippen molar-refractivity contribution in [2.75, 3.05) is 0 Å². The van der Waals surface area contributed by atoms with Crippen molar-refractivity contribution in [3.8, 4) is 6.07 Å². The molecule has 2 rings (SSSR count). The molecule has 2 heterocycles. The van der Waals surface area contributed by atoms with Crippen LogP contribution in [0, 0.1) is 11.3 Å². The fourth-order valence-electron chi connectivity index (χ4n) is 1.57. The minimum Gasteiger partial charge on any atom is -0.348 e. The molecule has 0 N–H and O–H groups in total. The highest BCUT2D eigenvalue weighted by Crippen LogP contribution is 2.18. The highest BCUT2D eigenvalue weighted by molar-refractivity contribution is 5.82. The van der Waals surface area contributed by atoms with Gasteiger partial charge in [0.25, 0.3) is 0 Å². The summed E-state index contributed by atoms with van der Waals surface area (Å²) < 4.78 is 1.94. The van der Waals surface area contributed by atoms with E-state index in [0.717, 1.165) is 17.5 Å². The molecule has 2 aromatic heterocycles. The zero-order chi connectivity index (χ0) is 12.8. The van der Waals surface area contributed by atoms with Gasteiger partial charge in [0, 0.05) is 19.4 Å². The predicted octanol–water partition coefficient (Wildman–Crippen LogP) is 3.42. The molecule has 2 aromatic rings. The van der Waals surface area contributed by atoms with Gasteiger partial charge in [0.2, 0.25) is 0 Å². The molecule has 0 saturated heterocycles. The first-order valence-corrected chi connectivity index (χ1v) is 6.01. The number of nitrogens with zero attached hydrogens (tertiary/aromatic N) is 3. The van der Waals surface area contributed by atoms with E-state index in [1.165, 1.54) is 12.0 Å². The Balaban J connectivity index is 0.000000437. The van der Waals surface area contributed by atoms with Crippen LogP contribution in [0.15, 0.2) is 18.5 Å². The molecule has 0 aliphatic carbocycles. The Morgan fingerprint density at radius 3 is 2.53 bits per heavy atom. The lowest BCUT2D eigenvalue weighted by atomic mass is 10.2. The van der Waals surface area contributed by atoms with Crippen molar-refractivity contribution < 1.29 is 0 Å². The second-order valence-corrected chi connectivity index (χ2v) is 4.04. The van der Waals surface area contributed by atoms with Gasteiger partial charge in [0.1, 0.15) is 11.6 Å². The van der Waals surface area contributed by atoms with Crippen LogP contribution in [0.25, 0.3) is 11.0 Å². The summed E-state index contributed by atoms with van der Waals surface area (Å²) >= 11 is 0.